The number of piperazine rings is 1. The number of methoxy groups -OCH3 is 1. The number of rotatable bonds is 5. The highest BCUT2D eigenvalue weighted by Gasteiger charge is 2.54. The minimum absolute atomic E-state index is 0.0174. The van der Waals surface area contributed by atoms with Gasteiger partial charge < -0.3 is 34.6 Å². The summed E-state index contributed by atoms with van der Waals surface area (Å²) < 4.78 is 54.2. The average Bonchev–Trinajstić information content (AvgIpc) is 3.71. The van der Waals surface area contributed by atoms with Gasteiger partial charge in [0.1, 0.15) is 46.6 Å². The number of hydrogen-bond acceptors (Lipinski definition) is 13. The number of imidazole rings is 1. The maximum absolute atomic E-state index is 15.7. The second-order valence-corrected chi connectivity index (χ2v) is 15.8. The quantitative estimate of drug-likeness (QED) is 0.260. The highest BCUT2D eigenvalue weighted by molar-refractivity contribution is 5.95. The van der Waals surface area contributed by atoms with Crippen LogP contribution in [0.2, 0.25) is 0 Å². The van der Waals surface area contributed by atoms with Crippen LogP contribution in [0.5, 0.6) is 0 Å². The lowest BCUT2D eigenvalue weighted by atomic mass is 9.87. The molecule has 2 N–H and O–H groups in total. The van der Waals surface area contributed by atoms with Gasteiger partial charge in [0.2, 0.25) is 23.7 Å². The molecule has 5 atom stereocenters. The lowest BCUT2D eigenvalue weighted by Crippen LogP contribution is -2.72. The fourth-order valence-electron chi connectivity index (χ4n) is 9.12. The second kappa shape index (κ2) is 13.3. The number of carbonyl (C=O) groups excluding carboxylic acids is 2. The summed E-state index contributed by atoms with van der Waals surface area (Å²) in [6, 6.07) is 3.40. The van der Waals surface area contributed by atoms with Crippen LogP contribution in [0.15, 0.2) is 42.9 Å². The van der Waals surface area contributed by atoms with Gasteiger partial charge in [-0.3, -0.25) is 14.6 Å². The maximum atomic E-state index is 15.7. The predicted molar refractivity (Wildman–Crippen MR) is 206 cm³/mol. The van der Waals surface area contributed by atoms with Crippen LogP contribution in [0.25, 0.3) is 39.1 Å². The molecule has 59 heavy (non-hydrogen) atoms. The molecule has 1 aliphatic carbocycles. The first-order valence-corrected chi connectivity index (χ1v) is 19.6. The standard InChI is InChI=1S/C39H37F3N14O3/c1-18-47-27-7-8-43-32-31-26(42)14-45-38(49-31)48-20-10-29(36(57)44-12-23(59-2)17-52(18)33(27)32)54(15-20)34-24-13-46-56(28-6-3-19(40)9-25(28)41)35(24)51-39(50-34)55-22-11-30(55)37(58)53(16-22)21-4-5-21/h3,6-9,13-14,20-23,29-30H,4-5,10-12,15-17H2,1-2H3,(H,44,57)(H,45,48,49)/t20-,22-,23-,29-,30+/m0/s1. The van der Waals surface area contributed by atoms with Gasteiger partial charge in [0.25, 0.3) is 0 Å². The second-order valence-electron chi connectivity index (χ2n) is 15.8. The van der Waals surface area contributed by atoms with Crippen LogP contribution in [-0.2, 0) is 20.9 Å². The Kier molecular flexibility index (Phi) is 8.05. The molecule has 0 unspecified atom stereocenters. The number of nitrogens with zero attached hydrogens (tertiary/aromatic N) is 12. The van der Waals surface area contributed by atoms with Crippen molar-refractivity contribution in [1.29, 1.82) is 0 Å². The van der Waals surface area contributed by atoms with E-state index in [0.29, 0.717) is 41.0 Å². The molecule has 5 fully saturated rings. The van der Waals surface area contributed by atoms with Crippen LogP contribution in [0.1, 0.15) is 31.5 Å². The average molecular weight is 807 g/mol. The molecule has 5 aromatic heterocycles. The van der Waals surface area contributed by atoms with Gasteiger partial charge in [0.15, 0.2) is 17.3 Å². The van der Waals surface area contributed by atoms with Crippen molar-refractivity contribution in [2.45, 2.75) is 75.5 Å². The van der Waals surface area contributed by atoms with Crippen molar-refractivity contribution in [1.82, 2.24) is 54.5 Å². The number of hydrogen-bond donors (Lipinski definition) is 2. The molecule has 20 heteroatoms. The molecule has 6 aliphatic rings. The zero-order valence-electron chi connectivity index (χ0n) is 31.9. The fourth-order valence-corrected chi connectivity index (χ4v) is 9.12. The van der Waals surface area contributed by atoms with Crippen molar-refractivity contribution in [2.75, 3.05) is 41.9 Å². The van der Waals surface area contributed by atoms with Crippen LogP contribution in [0, 0.1) is 24.4 Å². The van der Waals surface area contributed by atoms with Crippen molar-refractivity contribution >= 4 is 51.6 Å². The molecule has 5 aliphatic heterocycles. The van der Waals surface area contributed by atoms with Gasteiger partial charge in [0, 0.05) is 51.1 Å². The SMILES string of the molecule is CO[C@H]1CNC(=O)[C@@H]2C[C@@H](CN2c2nc(N3[C@H]4C[C@@H]3C(=O)N(C3CC3)C4)nc3c2cnn3-c2ccc(F)cc2F)Nc2ncc(F)c(n2)-c2nccc3nc(C)n(c23)C1. The highest BCUT2D eigenvalue weighted by atomic mass is 19.1. The number of fused-ring (bicyclic) bond motifs is 8. The van der Waals surface area contributed by atoms with Gasteiger partial charge in [-0.2, -0.15) is 15.1 Å². The molecule has 12 rings (SSSR count). The molecule has 302 valence electrons. The number of carbonyl (C=O) groups is 2. The number of pyridine rings is 1. The van der Waals surface area contributed by atoms with Crippen molar-refractivity contribution < 1.29 is 27.5 Å². The zero-order valence-corrected chi connectivity index (χ0v) is 31.9. The molecule has 1 saturated carbocycles. The molecule has 6 bridgehead atoms. The zero-order chi connectivity index (χ0) is 40.3. The summed E-state index contributed by atoms with van der Waals surface area (Å²) in [5.74, 6) is -1.23. The summed E-state index contributed by atoms with van der Waals surface area (Å²) in [6.07, 6.45) is 6.48. The number of nitrogens with one attached hydrogen (secondary N) is 2. The molecule has 4 saturated heterocycles. The molecule has 0 spiro atoms. The monoisotopic (exact) mass is 806 g/mol. The Morgan fingerprint density at radius 2 is 1.73 bits per heavy atom. The summed E-state index contributed by atoms with van der Waals surface area (Å²) in [5, 5.41) is 11.3. The summed E-state index contributed by atoms with van der Waals surface area (Å²) in [6.45, 7) is 2.95. The first-order chi connectivity index (χ1) is 28.6. The van der Waals surface area contributed by atoms with Gasteiger partial charge in [0.05, 0.1) is 47.5 Å². The largest absolute Gasteiger partial charge is 0.378 e. The fraction of sp³-hybridized carbons (Fsp3) is 0.410. The van der Waals surface area contributed by atoms with Crippen LogP contribution in [0.4, 0.5) is 30.9 Å². The van der Waals surface area contributed by atoms with E-state index in [2.05, 4.69) is 30.7 Å². The van der Waals surface area contributed by atoms with Gasteiger partial charge >= 0.3 is 0 Å². The van der Waals surface area contributed by atoms with E-state index in [-0.39, 0.29) is 84.6 Å². The summed E-state index contributed by atoms with van der Waals surface area (Å²) in [7, 11) is 1.55. The van der Waals surface area contributed by atoms with Gasteiger partial charge in [-0.15, -0.1) is 0 Å². The number of ether oxygens (including phenoxy) is 1. The van der Waals surface area contributed by atoms with Crippen LogP contribution < -0.4 is 20.4 Å². The number of halogens is 3. The number of aryl methyl sites for hydroxylation is 1. The molecular weight excluding hydrogens is 770 g/mol. The van der Waals surface area contributed by atoms with E-state index in [1.807, 2.05) is 26.2 Å². The van der Waals surface area contributed by atoms with Crippen LogP contribution >= 0.6 is 0 Å². The Morgan fingerprint density at radius 3 is 2.53 bits per heavy atom. The van der Waals surface area contributed by atoms with Crippen molar-refractivity contribution in [3.8, 4) is 17.1 Å². The maximum Gasteiger partial charge on any atom is 0.245 e. The molecule has 6 aromatic rings. The minimum Gasteiger partial charge on any atom is -0.378 e. The molecule has 17 nitrogen and oxygen atoms in total. The van der Waals surface area contributed by atoms with E-state index < -0.39 is 41.7 Å². The van der Waals surface area contributed by atoms with E-state index in [9.17, 15) is 14.0 Å². The van der Waals surface area contributed by atoms with Gasteiger partial charge in [-0.1, -0.05) is 0 Å². The third kappa shape index (κ3) is 5.74. The summed E-state index contributed by atoms with van der Waals surface area (Å²) >= 11 is 0. The van der Waals surface area contributed by atoms with Crippen LogP contribution in [0.3, 0.4) is 0 Å². The summed E-state index contributed by atoms with van der Waals surface area (Å²) in [4.78, 5) is 61.9. The highest BCUT2D eigenvalue weighted by Crippen LogP contribution is 2.43. The van der Waals surface area contributed by atoms with Gasteiger partial charge in [-0.25, -0.2) is 32.8 Å². The Bertz CT molecular complexity index is 2720. The van der Waals surface area contributed by atoms with E-state index in [1.54, 1.807) is 19.4 Å². The van der Waals surface area contributed by atoms with Crippen LogP contribution in [-0.4, -0.2) is 124 Å². The number of aromatic nitrogens is 9. The topological polar surface area (TPSA) is 177 Å². The first-order valence-electron chi connectivity index (χ1n) is 19.6. The normalized spacial score (nSPS) is 24.2. The lowest BCUT2D eigenvalue weighted by Gasteiger charge is -2.55. The molecule has 0 radical (unpaired) electrons. The number of anilines is 3. The lowest BCUT2D eigenvalue weighted by molar-refractivity contribution is -0.140. The number of benzene rings is 1. The van der Waals surface area contributed by atoms with Gasteiger partial charge in [-0.05, 0) is 50.8 Å². The molecular formula is C39H37F3N14O3. The molecule has 10 heterocycles. The third-order valence-electron chi connectivity index (χ3n) is 12.2. The summed E-state index contributed by atoms with van der Waals surface area (Å²) in [5.41, 5.74) is 1.61. The molecule has 1 aromatic carbocycles. The van der Waals surface area contributed by atoms with Crippen molar-refractivity contribution in [3.05, 3.63) is 66.1 Å². The Morgan fingerprint density at radius 1 is 0.864 bits per heavy atom. The van der Waals surface area contributed by atoms with E-state index in [1.165, 1.54) is 16.9 Å². The van der Waals surface area contributed by atoms with E-state index in [0.717, 1.165) is 31.2 Å². The van der Waals surface area contributed by atoms with Crippen molar-refractivity contribution in [3.63, 3.8) is 0 Å². The number of amides is 2. The van der Waals surface area contributed by atoms with E-state index >= 15 is 8.78 Å². The first kappa shape index (κ1) is 35.7. The minimum atomic E-state index is -0.848. The Labute approximate surface area is 333 Å². The predicted octanol–water partition coefficient (Wildman–Crippen LogP) is 2.90. The number of piperidine rings is 1. The smallest absolute Gasteiger partial charge is 0.245 e. The third-order valence-corrected chi connectivity index (χ3v) is 12.2. The van der Waals surface area contributed by atoms with Crippen molar-refractivity contribution in [2.24, 2.45) is 0 Å². The van der Waals surface area contributed by atoms with E-state index in [4.69, 9.17) is 19.7 Å². The Balaban J connectivity index is 1.03. The molecule has 2 amide bonds. The Hall–Kier alpha value is -6.44.